The highest BCUT2D eigenvalue weighted by atomic mass is 16.2. The number of carbonyl (C=O) groups excluding carboxylic acids is 1. The third-order valence-corrected chi connectivity index (χ3v) is 3.53. The first-order chi connectivity index (χ1) is 10.1. The van der Waals surface area contributed by atoms with Crippen LogP contribution in [0.15, 0.2) is 36.7 Å². The Hall–Kier alpha value is -1.94. The van der Waals surface area contributed by atoms with E-state index in [2.05, 4.69) is 47.7 Å². The molecule has 1 aromatic carbocycles. The molecular formula is C17H23N3O. The standard InChI is InChI=1S/C17H23N3O/c1-12(2)8-16(17(21)18-3)20-10-13-4-5-15-11-19-7-6-14(15)9-13/h4-7,9,11-12,16,20H,8,10H2,1-3H3,(H,18,21). The van der Waals surface area contributed by atoms with Gasteiger partial charge in [0.2, 0.25) is 5.91 Å². The van der Waals surface area contributed by atoms with E-state index in [0.29, 0.717) is 12.5 Å². The largest absolute Gasteiger partial charge is 0.358 e. The van der Waals surface area contributed by atoms with Crippen LogP contribution in [0.2, 0.25) is 0 Å². The molecule has 112 valence electrons. The van der Waals surface area contributed by atoms with E-state index < -0.39 is 0 Å². The third-order valence-electron chi connectivity index (χ3n) is 3.53. The lowest BCUT2D eigenvalue weighted by atomic mass is 10.0. The van der Waals surface area contributed by atoms with Gasteiger partial charge in [-0.15, -0.1) is 0 Å². The molecular weight excluding hydrogens is 262 g/mol. The molecule has 1 amide bonds. The van der Waals surface area contributed by atoms with Gasteiger partial charge in [0.15, 0.2) is 0 Å². The molecule has 2 aromatic rings. The fraction of sp³-hybridized carbons (Fsp3) is 0.412. The number of benzene rings is 1. The zero-order chi connectivity index (χ0) is 15.2. The molecule has 0 aliphatic carbocycles. The summed E-state index contributed by atoms with van der Waals surface area (Å²) in [5.74, 6) is 0.524. The lowest BCUT2D eigenvalue weighted by Crippen LogP contribution is -2.43. The summed E-state index contributed by atoms with van der Waals surface area (Å²) < 4.78 is 0. The number of aromatic nitrogens is 1. The molecule has 21 heavy (non-hydrogen) atoms. The topological polar surface area (TPSA) is 54.0 Å². The van der Waals surface area contributed by atoms with Crippen molar-refractivity contribution in [2.75, 3.05) is 7.05 Å². The minimum atomic E-state index is -0.150. The van der Waals surface area contributed by atoms with Crippen LogP contribution in [0.3, 0.4) is 0 Å². The maximum atomic E-state index is 11.9. The molecule has 0 aliphatic rings. The molecule has 1 heterocycles. The summed E-state index contributed by atoms with van der Waals surface area (Å²) in [7, 11) is 1.68. The number of carbonyl (C=O) groups is 1. The van der Waals surface area contributed by atoms with Crippen molar-refractivity contribution in [2.24, 2.45) is 5.92 Å². The minimum Gasteiger partial charge on any atom is -0.358 e. The van der Waals surface area contributed by atoms with Gasteiger partial charge >= 0.3 is 0 Å². The van der Waals surface area contributed by atoms with Gasteiger partial charge < -0.3 is 10.6 Å². The quantitative estimate of drug-likeness (QED) is 0.857. The van der Waals surface area contributed by atoms with Crippen molar-refractivity contribution in [3.05, 3.63) is 42.2 Å². The summed E-state index contributed by atoms with van der Waals surface area (Å²) >= 11 is 0. The Morgan fingerprint density at radius 2 is 2.05 bits per heavy atom. The smallest absolute Gasteiger partial charge is 0.236 e. The second-order valence-corrected chi connectivity index (χ2v) is 5.73. The van der Waals surface area contributed by atoms with Gasteiger partial charge in [-0.25, -0.2) is 0 Å². The SMILES string of the molecule is CNC(=O)C(CC(C)C)NCc1ccc2cnccc2c1. The molecule has 0 radical (unpaired) electrons. The molecule has 0 saturated heterocycles. The number of fused-ring (bicyclic) bond motifs is 1. The monoisotopic (exact) mass is 285 g/mol. The molecule has 1 atom stereocenters. The van der Waals surface area contributed by atoms with Crippen molar-refractivity contribution in [3.8, 4) is 0 Å². The normalized spacial score (nSPS) is 12.6. The van der Waals surface area contributed by atoms with E-state index in [4.69, 9.17) is 0 Å². The van der Waals surface area contributed by atoms with Crippen LogP contribution in [0.4, 0.5) is 0 Å². The molecule has 1 unspecified atom stereocenters. The van der Waals surface area contributed by atoms with E-state index in [0.717, 1.165) is 11.8 Å². The fourth-order valence-corrected chi connectivity index (χ4v) is 2.41. The molecule has 2 rings (SSSR count). The summed E-state index contributed by atoms with van der Waals surface area (Å²) in [5.41, 5.74) is 1.17. The fourth-order valence-electron chi connectivity index (χ4n) is 2.41. The Bertz CT molecular complexity index is 610. The lowest BCUT2D eigenvalue weighted by molar-refractivity contribution is -0.123. The molecule has 0 bridgehead atoms. The van der Waals surface area contributed by atoms with Crippen LogP contribution in [0.1, 0.15) is 25.8 Å². The molecule has 1 aromatic heterocycles. The van der Waals surface area contributed by atoms with Gasteiger partial charge in [0.25, 0.3) is 0 Å². The third kappa shape index (κ3) is 4.26. The first-order valence-corrected chi connectivity index (χ1v) is 7.37. The van der Waals surface area contributed by atoms with Crippen LogP contribution < -0.4 is 10.6 Å². The predicted octanol–water partition coefficient (Wildman–Crippen LogP) is 2.49. The molecule has 0 fully saturated rings. The predicted molar refractivity (Wildman–Crippen MR) is 85.9 cm³/mol. The summed E-state index contributed by atoms with van der Waals surface area (Å²) in [6.45, 7) is 4.93. The summed E-state index contributed by atoms with van der Waals surface area (Å²) in [4.78, 5) is 16.0. The molecule has 0 spiro atoms. The van der Waals surface area contributed by atoms with Gasteiger partial charge in [-0.2, -0.15) is 0 Å². The van der Waals surface area contributed by atoms with Crippen LogP contribution in [0.25, 0.3) is 10.8 Å². The zero-order valence-electron chi connectivity index (χ0n) is 12.9. The van der Waals surface area contributed by atoms with Crippen molar-refractivity contribution >= 4 is 16.7 Å². The number of rotatable bonds is 6. The van der Waals surface area contributed by atoms with E-state index in [-0.39, 0.29) is 11.9 Å². The van der Waals surface area contributed by atoms with E-state index in [1.54, 1.807) is 13.2 Å². The molecule has 4 heteroatoms. The molecule has 0 aliphatic heterocycles. The van der Waals surface area contributed by atoms with Crippen LogP contribution >= 0.6 is 0 Å². The second kappa shape index (κ2) is 7.18. The van der Waals surface area contributed by atoms with Crippen LogP contribution in [-0.2, 0) is 11.3 Å². The van der Waals surface area contributed by atoms with Gasteiger partial charge in [0.1, 0.15) is 0 Å². The average molecular weight is 285 g/mol. The van der Waals surface area contributed by atoms with Crippen LogP contribution in [-0.4, -0.2) is 24.0 Å². The van der Waals surface area contributed by atoms with Gasteiger partial charge in [-0.3, -0.25) is 9.78 Å². The Morgan fingerprint density at radius 3 is 2.76 bits per heavy atom. The second-order valence-electron chi connectivity index (χ2n) is 5.73. The van der Waals surface area contributed by atoms with Gasteiger partial charge in [-0.1, -0.05) is 26.0 Å². The molecule has 2 N–H and O–H groups in total. The van der Waals surface area contributed by atoms with Crippen molar-refractivity contribution in [1.82, 2.24) is 15.6 Å². The first-order valence-electron chi connectivity index (χ1n) is 7.37. The average Bonchev–Trinajstić information content (AvgIpc) is 2.50. The molecule has 4 nitrogen and oxygen atoms in total. The van der Waals surface area contributed by atoms with Gasteiger partial charge in [-0.05, 0) is 35.4 Å². The van der Waals surface area contributed by atoms with Crippen molar-refractivity contribution in [1.29, 1.82) is 0 Å². The number of pyridine rings is 1. The van der Waals surface area contributed by atoms with Crippen LogP contribution in [0, 0.1) is 5.92 Å². The Morgan fingerprint density at radius 1 is 1.24 bits per heavy atom. The van der Waals surface area contributed by atoms with Crippen LogP contribution in [0.5, 0.6) is 0 Å². The highest BCUT2D eigenvalue weighted by Gasteiger charge is 2.17. The van der Waals surface area contributed by atoms with Crippen molar-refractivity contribution < 1.29 is 4.79 Å². The van der Waals surface area contributed by atoms with E-state index in [9.17, 15) is 4.79 Å². The maximum absolute atomic E-state index is 11.9. The lowest BCUT2D eigenvalue weighted by Gasteiger charge is -2.19. The Balaban J connectivity index is 2.06. The number of nitrogens with zero attached hydrogens (tertiary/aromatic N) is 1. The van der Waals surface area contributed by atoms with E-state index >= 15 is 0 Å². The number of likely N-dealkylation sites (N-methyl/N-ethyl adjacent to an activating group) is 1. The number of nitrogens with one attached hydrogen (secondary N) is 2. The number of hydrogen-bond acceptors (Lipinski definition) is 3. The highest BCUT2D eigenvalue weighted by molar-refractivity contribution is 5.82. The summed E-state index contributed by atoms with van der Waals surface area (Å²) in [5, 5.41) is 8.38. The van der Waals surface area contributed by atoms with Crippen molar-refractivity contribution in [3.63, 3.8) is 0 Å². The summed E-state index contributed by atoms with van der Waals surface area (Å²) in [6.07, 6.45) is 4.49. The minimum absolute atomic E-state index is 0.0497. The van der Waals surface area contributed by atoms with Gasteiger partial charge in [0, 0.05) is 31.4 Å². The van der Waals surface area contributed by atoms with Crippen molar-refractivity contribution in [2.45, 2.75) is 32.9 Å². The summed E-state index contributed by atoms with van der Waals surface area (Å²) in [6, 6.07) is 8.14. The number of amides is 1. The van der Waals surface area contributed by atoms with E-state index in [1.165, 1.54) is 10.9 Å². The first kappa shape index (κ1) is 15.4. The van der Waals surface area contributed by atoms with E-state index in [1.807, 2.05) is 12.3 Å². The Labute approximate surface area is 126 Å². The maximum Gasteiger partial charge on any atom is 0.236 e. The van der Waals surface area contributed by atoms with Gasteiger partial charge in [0.05, 0.1) is 6.04 Å². The molecule has 0 saturated carbocycles. The zero-order valence-corrected chi connectivity index (χ0v) is 12.9. The highest BCUT2D eigenvalue weighted by Crippen LogP contribution is 2.15. The number of hydrogen-bond donors (Lipinski definition) is 2. The Kier molecular flexibility index (Phi) is 5.28.